The van der Waals surface area contributed by atoms with Crippen molar-refractivity contribution in [1.29, 1.82) is 0 Å². The summed E-state index contributed by atoms with van der Waals surface area (Å²) < 4.78 is 36.9. The molecule has 0 aliphatic carbocycles. The molecule has 6 heteroatoms. The monoisotopic (exact) mass is 275 g/mol. The van der Waals surface area contributed by atoms with Gasteiger partial charge in [0, 0.05) is 6.61 Å². The van der Waals surface area contributed by atoms with Gasteiger partial charge in [0.05, 0.1) is 16.3 Å². The third-order valence-electron chi connectivity index (χ3n) is 2.65. The summed E-state index contributed by atoms with van der Waals surface area (Å²) in [7, 11) is -3.44. The van der Waals surface area contributed by atoms with Crippen LogP contribution in [-0.2, 0) is 9.84 Å². The predicted octanol–water partition coefficient (Wildman–Crippen LogP) is 1.73. The second kappa shape index (κ2) is 6.70. The van der Waals surface area contributed by atoms with Gasteiger partial charge >= 0.3 is 0 Å². The summed E-state index contributed by atoms with van der Waals surface area (Å²) in [4.78, 5) is -0.0311. The molecule has 0 aromatic heterocycles. The summed E-state index contributed by atoms with van der Waals surface area (Å²) in [6.07, 6.45) is 2.71. The number of hydrogen-bond acceptors (Lipinski definition) is 4. The Morgan fingerprint density at radius 2 is 1.83 bits per heavy atom. The zero-order valence-electron chi connectivity index (χ0n) is 10.1. The maximum absolute atomic E-state index is 13.2. The van der Waals surface area contributed by atoms with Crippen molar-refractivity contribution in [3.8, 4) is 0 Å². The Morgan fingerprint density at radius 1 is 1.17 bits per heavy atom. The highest BCUT2D eigenvalue weighted by Crippen LogP contribution is 2.18. The van der Waals surface area contributed by atoms with E-state index in [2.05, 4.69) is 0 Å². The van der Waals surface area contributed by atoms with Gasteiger partial charge in [-0.1, -0.05) is 12.8 Å². The first-order chi connectivity index (χ1) is 8.47. The SMILES string of the molecule is Nc1ccc(S(=O)(=O)CCCCCCO)cc1F. The number of unbranched alkanes of at least 4 members (excludes halogenated alkanes) is 3. The molecule has 0 atom stereocenters. The number of aliphatic hydroxyl groups is 1. The van der Waals surface area contributed by atoms with E-state index in [0.29, 0.717) is 12.8 Å². The van der Waals surface area contributed by atoms with Crippen LogP contribution in [0.1, 0.15) is 25.7 Å². The number of aliphatic hydroxyl groups excluding tert-OH is 1. The Labute approximate surface area is 107 Å². The molecule has 0 unspecified atom stereocenters. The van der Waals surface area contributed by atoms with Crippen molar-refractivity contribution in [3.63, 3.8) is 0 Å². The number of rotatable bonds is 7. The molecule has 1 rings (SSSR count). The summed E-state index contributed by atoms with van der Waals surface area (Å²) >= 11 is 0. The highest BCUT2D eigenvalue weighted by atomic mass is 32.2. The number of nitrogen functional groups attached to an aromatic ring is 1. The fourth-order valence-corrected chi connectivity index (χ4v) is 2.95. The third-order valence-corrected chi connectivity index (χ3v) is 4.45. The fourth-order valence-electron chi connectivity index (χ4n) is 1.58. The van der Waals surface area contributed by atoms with Gasteiger partial charge in [-0.25, -0.2) is 12.8 Å². The molecule has 3 N–H and O–H groups in total. The van der Waals surface area contributed by atoms with E-state index in [1.54, 1.807) is 0 Å². The van der Waals surface area contributed by atoms with Gasteiger partial charge in [0.2, 0.25) is 0 Å². The molecule has 0 saturated carbocycles. The van der Waals surface area contributed by atoms with Crippen LogP contribution in [0.5, 0.6) is 0 Å². The Balaban J connectivity index is 2.60. The van der Waals surface area contributed by atoms with Crippen LogP contribution >= 0.6 is 0 Å². The molecular weight excluding hydrogens is 257 g/mol. The first-order valence-electron chi connectivity index (χ1n) is 5.86. The first kappa shape index (κ1) is 14.9. The third kappa shape index (κ3) is 4.27. The lowest BCUT2D eigenvalue weighted by molar-refractivity contribution is 0.283. The Hall–Kier alpha value is -1.14. The number of nitrogens with two attached hydrogens (primary N) is 1. The summed E-state index contributed by atoms with van der Waals surface area (Å²) in [5, 5.41) is 8.59. The largest absolute Gasteiger partial charge is 0.396 e. The Morgan fingerprint density at radius 3 is 2.44 bits per heavy atom. The van der Waals surface area contributed by atoms with Gasteiger partial charge in [0.25, 0.3) is 0 Å². The number of sulfone groups is 1. The van der Waals surface area contributed by atoms with Crippen LogP contribution in [-0.4, -0.2) is 25.9 Å². The second-order valence-corrected chi connectivity index (χ2v) is 6.25. The second-order valence-electron chi connectivity index (χ2n) is 4.14. The van der Waals surface area contributed by atoms with Gasteiger partial charge in [-0.15, -0.1) is 0 Å². The van der Waals surface area contributed by atoms with Gasteiger partial charge in [-0.2, -0.15) is 0 Å². The number of hydrogen-bond donors (Lipinski definition) is 2. The molecule has 0 aliphatic rings. The van der Waals surface area contributed by atoms with E-state index in [1.165, 1.54) is 12.1 Å². The molecule has 0 spiro atoms. The van der Waals surface area contributed by atoms with E-state index in [4.69, 9.17) is 10.8 Å². The molecule has 0 amide bonds. The smallest absolute Gasteiger partial charge is 0.178 e. The van der Waals surface area contributed by atoms with Crippen molar-refractivity contribution < 1.29 is 17.9 Å². The van der Waals surface area contributed by atoms with Gasteiger partial charge in [-0.05, 0) is 31.0 Å². The molecule has 0 bridgehead atoms. The van der Waals surface area contributed by atoms with Crippen LogP contribution in [0.2, 0.25) is 0 Å². The van der Waals surface area contributed by atoms with Crippen molar-refractivity contribution >= 4 is 15.5 Å². The average Bonchev–Trinajstić information content (AvgIpc) is 2.32. The predicted molar refractivity (Wildman–Crippen MR) is 68.4 cm³/mol. The Kier molecular flexibility index (Phi) is 5.55. The van der Waals surface area contributed by atoms with Crippen molar-refractivity contribution in [2.45, 2.75) is 30.6 Å². The molecular formula is C12H18FNO3S. The first-order valence-corrected chi connectivity index (χ1v) is 7.51. The topological polar surface area (TPSA) is 80.4 Å². The molecule has 0 heterocycles. The summed E-state index contributed by atoms with van der Waals surface area (Å²) in [6.45, 7) is 0.121. The fraction of sp³-hybridized carbons (Fsp3) is 0.500. The maximum Gasteiger partial charge on any atom is 0.178 e. The highest BCUT2D eigenvalue weighted by Gasteiger charge is 2.15. The molecule has 1 aromatic rings. The van der Waals surface area contributed by atoms with Crippen molar-refractivity contribution in [1.82, 2.24) is 0 Å². The van der Waals surface area contributed by atoms with Crippen LogP contribution in [0.3, 0.4) is 0 Å². The number of anilines is 1. The normalized spacial score (nSPS) is 11.7. The highest BCUT2D eigenvalue weighted by molar-refractivity contribution is 7.91. The van der Waals surface area contributed by atoms with Gasteiger partial charge in [0.1, 0.15) is 5.82 Å². The van der Waals surface area contributed by atoms with Crippen molar-refractivity contribution in [2.75, 3.05) is 18.1 Å². The maximum atomic E-state index is 13.2. The van der Waals surface area contributed by atoms with Crippen molar-refractivity contribution in [3.05, 3.63) is 24.0 Å². The van der Waals surface area contributed by atoms with Crippen LogP contribution in [0.15, 0.2) is 23.1 Å². The lowest BCUT2D eigenvalue weighted by Crippen LogP contribution is -2.08. The molecule has 102 valence electrons. The molecule has 0 aliphatic heterocycles. The van der Waals surface area contributed by atoms with Crippen LogP contribution in [0.4, 0.5) is 10.1 Å². The zero-order valence-corrected chi connectivity index (χ0v) is 10.9. The summed E-state index contributed by atoms with van der Waals surface area (Å²) in [6, 6.07) is 3.54. The van der Waals surface area contributed by atoms with E-state index >= 15 is 0 Å². The van der Waals surface area contributed by atoms with Gasteiger partial charge in [-0.3, -0.25) is 0 Å². The quantitative estimate of drug-likeness (QED) is 0.586. The van der Waals surface area contributed by atoms with Gasteiger partial charge in [0.15, 0.2) is 9.84 Å². The van der Waals surface area contributed by atoms with Crippen LogP contribution < -0.4 is 5.73 Å². The van der Waals surface area contributed by atoms with Crippen molar-refractivity contribution in [2.24, 2.45) is 0 Å². The lowest BCUT2D eigenvalue weighted by Gasteiger charge is -2.05. The van der Waals surface area contributed by atoms with Crippen LogP contribution in [0.25, 0.3) is 0 Å². The minimum absolute atomic E-state index is 0.0121. The number of benzene rings is 1. The standard InChI is InChI=1S/C12H18FNO3S/c13-11-9-10(5-6-12(11)14)18(16,17)8-4-2-1-3-7-15/h5-6,9,15H,1-4,7-8,14H2. The molecule has 0 saturated heterocycles. The lowest BCUT2D eigenvalue weighted by atomic mass is 10.2. The minimum atomic E-state index is -3.44. The average molecular weight is 275 g/mol. The molecule has 0 radical (unpaired) electrons. The molecule has 4 nitrogen and oxygen atoms in total. The van der Waals surface area contributed by atoms with Gasteiger partial charge < -0.3 is 10.8 Å². The van der Waals surface area contributed by atoms with E-state index in [0.717, 1.165) is 18.9 Å². The van der Waals surface area contributed by atoms with E-state index < -0.39 is 15.7 Å². The Bertz CT molecular complexity index is 488. The van der Waals surface area contributed by atoms with Crippen LogP contribution in [0, 0.1) is 5.82 Å². The zero-order chi connectivity index (χ0) is 13.6. The number of halogens is 1. The summed E-state index contributed by atoms with van der Waals surface area (Å²) in [5.41, 5.74) is 5.24. The molecule has 1 aromatic carbocycles. The van der Waals surface area contributed by atoms with E-state index in [-0.39, 0.29) is 22.9 Å². The van der Waals surface area contributed by atoms with E-state index in [1.807, 2.05) is 0 Å². The van der Waals surface area contributed by atoms with E-state index in [9.17, 15) is 12.8 Å². The summed E-state index contributed by atoms with van der Waals surface area (Å²) in [5.74, 6) is -0.724. The minimum Gasteiger partial charge on any atom is -0.396 e. The molecule has 0 fully saturated rings. The molecule has 18 heavy (non-hydrogen) atoms.